The third kappa shape index (κ3) is 2.69. The summed E-state index contributed by atoms with van der Waals surface area (Å²) in [5, 5.41) is 1.02. The summed E-state index contributed by atoms with van der Waals surface area (Å²) < 4.78 is 1.23. The Morgan fingerprint density at radius 3 is 2.41 bits per heavy atom. The molecular weight excluding hydrogens is 361 g/mol. The van der Waals surface area contributed by atoms with E-state index in [1.165, 1.54) is 10.0 Å². The normalized spacial score (nSPS) is 19.9. The second-order valence-electron chi connectivity index (χ2n) is 5.97. The van der Waals surface area contributed by atoms with Gasteiger partial charge in [0.15, 0.2) is 0 Å². The van der Waals surface area contributed by atoms with E-state index in [4.69, 9.17) is 11.6 Å². The first-order valence-electron chi connectivity index (χ1n) is 7.25. The van der Waals surface area contributed by atoms with E-state index < -0.39 is 5.41 Å². The van der Waals surface area contributed by atoms with Gasteiger partial charge in [-0.3, -0.25) is 0 Å². The number of β-lactam (4-membered cyclic amide) rings is 1. The van der Waals surface area contributed by atoms with Crippen molar-refractivity contribution in [1.82, 2.24) is 0 Å². The second-order valence-corrected chi connectivity index (χ2v) is 8.52. The van der Waals surface area contributed by atoms with Crippen molar-refractivity contribution in [1.29, 1.82) is 0 Å². The van der Waals surface area contributed by atoms with E-state index in [2.05, 4.69) is 30.3 Å². The molecule has 1 heterocycles. The van der Waals surface area contributed by atoms with Crippen LogP contribution in [0.25, 0.3) is 0 Å². The number of rotatable bonds is 4. The van der Waals surface area contributed by atoms with Crippen molar-refractivity contribution < 1.29 is 4.79 Å². The molecule has 1 atom stereocenters. The molecule has 1 saturated heterocycles. The van der Waals surface area contributed by atoms with E-state index in [1.807, 2.05) is 38.1 Å². The van der Waals surface area contributed by atoms with Crippen LogP contribution in [0.4, 0.5) is 5.69 Å². The molecule has 1 unspecified atom stereocenters. The topological polar surface area (TPSA) is 20.3 Å². The van der Waals surface area contributed by atoms with Crippen LogP contribution in [0.5, 0.6) is 0 Å². The number of anilines is 1. The predicted octanol–water partition coefficient (Wildman–Crippen LogP) is 3.15. The molecule has 0 aliphatic carbocycles. The molecule has 0 radical (unpaired) electrons. The fraction of sp³-hybridized carbons (Fsp3) is 0.278. The van der Waals surface area contributed by atoms with Gasteiger partial charge < -0.3 is 0 Å². The van der Waals surface area contributed by atoms with Crippen molar-refractivity contribution in [2.45, 2.75) is 24.7 Å². The Bertz CT molecular complexity index is 686. The van der Waals surface area contributed by atoms with Crippen LogP contribution < -0.4 is 9.36 Å². The first-order chi connectivity index (χ1) is 10.5. The molecule has 1 fully saturated rings. The van der Waals surface area contributed by atoms with Gasteiger partial charge in [0.05, 0.1) is 0 Å². The van der Waals surface area contributed by atoms with Crippen LogP contribution in [0.15, 0.2) is 54.6 Å². The summed E-state index contributed by atoms with van der Waals surface area (Å²) in [5.74, 6) is 0.107. The number of hydrogen-bond donors (Lipinski definition) is 0. The molecule has 1 aliphatic heterocycles. The molecule has 0 aromatic heterocycles. The van der Waals surface area contributed by atoms with Crippen LogP contribution in [0, 0.1) is 5.41 Å². The van der Waals surface area contributed by atoms with Crippen molar-refractivity contribution in [3.8, 4) is 0 Å². The maximum absolute atomic E-state index is 12.4. The number of benzene rings is 2. The minimum atomic E-state index is -0.471. The van der Waals surface area contributed by atoms with Crippen molar-refractivity contribution in [3.63, 3.8) is 0 Å². The van der Waals surface area contributed by atoms with Gasteiger partial charge >= 0.3 is 143 Å². The van der Waals surface area contributed by atoms with Gasteiger partial charge in [-0.15, -0.1) is 0 Å². The third-order valence-electron chi connectivity index (χ3n) is 3.95. The predicted molar refractivity (Wildman–Crippen MR) is 92.9 cm³/mol. The molecular formula is C18H18ClNOSe. The van der Waals surface area contributed by atoms with Crippen LogP contribution in [0.3, 0.4) is 0 Å². The van der Waals surface area contributed by atoms with Gasteiger partial charge in [-0.05, 0) is 0 Å². The molecule has 1 amide bonds. The molecule has 2 nitrogen and oxygen atoms in total. The average Bonchev–Trinajstić information content (AvgIpc) is 2.55. The van der Waals surface area contributed by atoms with E-state index in [1.54, 1.807) is 4.90 Å². The molecule has 4 heteroatoms. The minimum absolute atomic E-state index is 0.107. The summed E-state index contributed by atoms with van der Waals surface area (Å²) in [5.41, 5.74) is 1.56. The van der Waals surface area contributed by atoms with Crippen LogP contribution in [-0.4, -0.2) is 26.4 Å². The maximum atomic E-state index is 12.4. The first kappa shape index (κ1) is 15.6. The van der Waals surface area contributed by atoms with Gasteiger partial charge in [0.25, 0.3) is 0 Å². The zero-order chi connectivity index (χ0) is 15.7. The van der Waals surface area contributed by atoms with Gasteiger partial charge in [0.2, 0.25) is 0 Å². The third-order valence-corrected chi connectivity index (χ3v) is 7.07. The molecule has 0 N–H and O–H groups in total. The zero-order valence-electron chi connectivity index (χ0n) is 12.6. The molecule has 0 bridgehead atoms. The van der Waals surface area contributed by atoms with Gasteiger partial charge in [-0.1, -0.05) is 0 Å². The summed E-state index contributed by atoms with van der Waals surface area (Å²) in [7, 11) is 0. The van der Waals surface area contributed by atoms with Crippen molar-refractivity contribution in [2.75, 3.05) is 4.90 Å². The van der Waals surface area contributed by atoms with E-state index in [0.717, 1.165) is 11.0 Å². The van der Waals surface area contributed by atoms with Crippen LogP contribution >= 0.6 is 11.6 Å². The molecule has 1 aliphatic rings. The Balaban J connectivity index is 1.81. The molecule has 0 spiro atoms. The number of halogens is 1. The Hall–Kier alpha value is -1.28. The van der Waals surface area contributed by atoms with Crippen molar-refractivity contribution in [2.24, 2.45) is 5.41 Å². The average molecular weight is 379 g/mol. The molecule has 2 aromatic rings. The number of para-hydroxylation sites is 1. The Labute approximate surface area is 142 Å². The molecule has 22 heavy (non-hydrogen) atoms. The SMILES string of the molecule is CC1(C)C(=O)N(c2ccccc2[Se]Cc2ccccc2)C1Cl. The zero-order valence-corrected chi connectivity index (χ0v) is 15.1. The van der Waals surface area contributed by atoms with E-state index in [-0.39, 0.29) is 26.4 Å². The van der Waals surface area contributed by atoms with Crippen LogP contribution in [0.1, 0.15) is 19.4 Å². The number of hydrogen-bond acceptors (Lipinski definition) is 1. The number of amides is 1. The number of alkyl halides is 1. The van der Waals surface area contributed by atoms with E-state index in [9.17, 15) is 4.79 Å². The summed E-state index contributed by atoms with van der Waals surface area (Å²) in [6.07, 6.45) is 0. The van der Waals surface area contributed by atoms with Crippen LogP contribution in [0.2, 0.25) is 0 Å². The monoisotopic (exact) mass is 379 g/mol. The fourth-order valence-corrected chi connectivity index (χ4v) is 4.91. The standard InChI is InChI=1S/C18H18ClNOSe/c1-18(2)16(19)20(17(18)21)14-10-6-7-11-15(14)22-12-13-8-4-3-5-9-13/h3-11,16H,12H2,1-2H3. The summed E-state index contributed by atoms with van der Waals surface area (Å²) in [4.78, 5) is 14.1. The molecule has 114 valence electrons. The molecule has 0 saturated carbocycles. The Kier molecular flexibility index (Phi) is 4.31. The van der Waals surface area contributed by atoms with Gasteiger partial charge in [-0.25, -0.2) is 0 Å². The Morgan fingerprint density at radius 2 is 1.73 bits per heavy atom. The van der Waals surface area contributed by atoms with Crippen molar-refractivity contribution in [3.05, 3.63) is 60.2 Å². The first-order valence-corrected chi connectivity index (χ1v) is 9.76. The summed E-state index contributed by atoms with van der Waals surface area (Å²) in [6, 6.07) is 18.6. The van der Waals surface area contributed by atoms with Crippen molar-refractivity contribution >= 4 is 42.6 Å². The quantitative estimate of drug-likeness (QED) is 0.346. The molecule has 3 rings (SSSR count). The van der Waals surface area contributed by atoms with Gasteiger partial charge in [0.1, 0.15) is 0 Å². The van der Waals surface area contributed by atoms with E-state index >= 15 is 0 Å². The van der Waals surface area contributed by atoms with Crippen LogP contribution in [-0.2, 0) is 10.1 Å². The number of carbonyl (C=O) groups is 1. The number of nitrogens with zero attached hydrogens (tertiary/aromatic N) is 1. The second kappa shape index (κ2) is 6.08. The fourth-order valence-electron chi connectivity index (χ4n) is 2.52. The van der Waals surface area contributed by atoms with Gasteiger partial charge in [-0.2, -0.15) is 0 Å². The number of carbonyl (C=O) groups excluding carboxylic acids is 1. The Morgan fingerprint density at radius 1 is 1.09 bits per heavy atom. The molecule has 2 aromatic carbocycles. The van der Waals surface area contributed by atoms with Gasteiger partial charge in [0, 0.05) is 0 Å². The van der Waals surface area contributed by atoms with E-state index in [0.29, 0.717) is 0 Å². The summed E-state index contributed by atoms with van der Waals surface area (Å²) in [6.45, 7) is 3.81. The summed E-state index contributed by atoms with van der Waals surface area (Å²) >= 11 is 6.71.